The van der Waals surface area contributed by atoms with Crippen molar-refractivity contribution in [1.82, 2.24) is 10.1 Å². The number of carboxylic acids is 1. The van der Waals surface area contributed by atoms with Gasteiger partial charge in [0.1, 0.15) is 5.76 Å². The van der Waals surface area contributed by atoms with Crippen LogP contribution in [0, 0.1) is 18.8 Å². The van der Waals surface area contributed by atoms with Gasteiger partial charge in [0, 0.05) is 25.4 Å². The fourth-order valence-corrected chi connectivity index (χ4v) is 4.20. The molecule has 0 saturated heterocycles. The maximum Gasteiger partial charge on any atom is 0.314 e. The molecule has 0 aromatic carbocycles. The van der Waals surface area contributed by atoms with Crippen LogP contribution in [0.3, 0.4) is 0 Å². The minimum Gasteiger partial charge on any atom is -0.481 e. The first-order chi connectivity index (χ1) is 15.1. The lowest BCUT2D eigenvalue weighted by molar-refractivity contribution is -0.147. The van der Waals surface area contributed by atoms with Crippen molar-refractivity contribution in [3.63, 3.8) is 0 Å². The largest absolute Gasteiger partial charge is 0.481 e. The number of hydrogen-bond acceptors (Lipinski definition) is 6. The number of aryl methyl sites for hydroxylation is 1. The maximum absolute atomic E-state index is 12.8. The third kappa shape index (κ3) is 5.29. The van der Waals surface area contributed by atoms with Gasteiger partial charge in [-0.05, 0) is 43.2 Å². The fraction of sp³-hybridized carbons (Fsp3) is 0.583. The molecule has 1 aliphatic rings. The molecule has 0 aliphatic heterocycles. The molecule has 0 bridgehead atoms. The summed E-state index contributed by atoms with van der Waals surface area (Å²) in [6.45, 7) is 11.9. The van der Waals surface area contributed by atoms with Crippen LogP contribution in [0.1, 0.15) is 64.0 Å². The summed E-state index contributed by atoms with van der Waals surface area (Å²) in [5, 5.41) is 16.7. The summed E-state index contributed by atoms with van der Waals surface area (Å²) < 4.78 is 5.18. The number of nitrogens with one attached hydrogen (secondary N) is 1. The Labute approximate surface area is 189 Å². The van der Waals surface area contributed by atoms with E-state index in [1.807, 2.05) is 0 Å². The zero-order valence-electron chi connectivity index (χ0n) is 19.6. The average molecular weight is 443 g/mol. The Kier molecular flexibility index (Phi) is 7.21. The normalized spacial score (nSPS) is 15.0. The summed E-state index contributed by atoms with van der Waals surface area (Å²) in [4.78, 5) is 31.7. The molecule has 174 valence electrons. The van der Waals surface area contributed by atoms with Gasteiger partial charge < -0.3 is 19.8 Å². The Hall–Kier alpha value is -2.90. The molecule has 1 saturated carbocycles. The molecule has 2 N–H and O–H groups in total. The Morgan fingerprint density at radius 1 is 1.19 bits per heavy atom. The summed E-state index contributed by atoms with van der Waals surface area (Å²) >= 11 is 0. The van der Waals surface area contributed by atoms with Crippen LogP contribution >= 0.6 is 0 Å². The highest BCUT2D eigenvalue weighted by Crippen LogP contribution is 2.45. The molecule has 0 atom stereocenters. The van der Waals surface area contributed by atoms with Crippen molar-refractivity contribution >= 4 is 23.4 Å². The number of aromatic nitrogens is 2. The predicted molar refractivity (Wildman–Crippen MR) is 123 cm³/mol. The Morgan fingerprint density at radius 3 is 2.31 bits per heavy atom. The topological polar surface area (TPSA) is 109 Å². The van der Waals surface area contributed by atoms with Gasteiger partial charge in [-0.2, -0.15) is 0 Å². The molecule has 8 heteroatoms. The number of carboxylic acid groups (broad SMARTS) is 1. The molecule has 1 amide bonds. The smallest absolute Gasteiger partial charge is 0.314 e. The second-order valence-electron chi connectivity index (χ2n) is 9.69. The lowest BCUT2D eigenvalue weighted by Gasteiger charge is -2.38. The molecule has 1 aliphatic carbocycles. The zero-order valence-corrected chi connectivity index (χ0v) is 19.6. The number of rotatable bonds is 10. The molecule has 0 spiro atoms. The second kappa shape index (κ2) is 9.71. The van der Waals surface area contributed by atoms with E-state index in [0.29, 0.717) is 53.2 Å². The highest BCUT2D eigenvalue weighted by atomic mass is 16.5. The van der Waals surface area contributed by atoms with E-state index in [0.717, 1.165) is 19.5 Å². The van der Waals surface area contributed by atoms with Crippen LogP contribution in [-0.2, 0) is 21.4 Å². The van der Waals surface area contributed by atoms with Crippen molar-refractivity contribution in [2.45, 2.75) is 65.7 Å². The van der Waals surface area contributed by atoms with E-state index in [1.165, 1.54) is 0 Å². The number of carbonyl (C=O) groups excluding carboxylic acids is 1. The van der Waals surface area contributed by atoms with Gasteiger partial charge in [-0.1, -0.05) is 39.3 Å². The van der Waals surface area contributed by atoms with E-state index in [4.69, 9.17) is 9.51 Å². The van der Waals surface area contributed by atoms with Gasteiger partial charge in [-0.3, -0.25) is 9.59 Å². The van der Waals surface area contributed by atoms with Gasteiger partial charge in [0.05, 0.1) is 23.2 Å². The van der Waals surface area contributed by atoms with Crippen molar-refractivity contribution in [2.75, 3.05) is 23.3 Å². The first-order valence-electron chi connectivity index (χ1n) is 11.3. The van der Waals surface area contributed by atoms with Gasteiger partial charge in [0.25, 0.3) is 0 Å². The molecule has 2 heterocycles. The van der Waals surface area contributed by atoms with Gasteiger partial charge in [0.2, 0.25) is 5.91 Å². The van der Waals surface area contributed by atoms with Crippen molar-refractivity contribution in [3.8, 4) is 0 Å². The Bertz CT molecular complexity index is 953. The van der Waals surface area contributed by atoms with Gasteiger partial charge in [-0.25, -0.2) is 4.98 Å². The quantitative estimate of drug-likeness (QED) is 0.568. The predicted octanol–water partition coefficient (Wildman–Crippen LogP) is 4.18. The number of aliphatic carboxylic acids is 1. The molecule has 2 aromatic rings. The molecular formula is C24H34N4O4. The summed E-state index contributed by atoms with van der Waals surface area (Å²) in [7, 11) is 0. The summed E-state index contributed by atoms with van der Waals surface area (Å²) in [6, 6.07) is 3.53. The van der Waals surface area contributed by atoms with E-state index < -0.39 is 11.4 Å². The van der Waals surface area contributed by atoms with E-state index in [1.54, 1.807) is 25.3 Å². The van der Waals surface area contributed by atoms with Crippen LogP contribution in [0.25, 0.3) is 0 Å². The lowest BCUT2D eigenvalue weighted by atomic mass is 9.65. The maximum atomic E-state index is 12.8. The van der Waals surface area contributed by atoms with E-state index in [2.05, 4.69) is 43.1 Å². The molecule has 0 unspecified atom stereocenters. The molecule has 0 radical (unpaired) electrons. The Morgan fingerprint density at radius 2 is 1.84 bits per heavy atom. The highest BCUT2D eigenvalue weighted by molar-refractivity contribution is 5.95. The SMILES string of the molecule is Cc1cc(CC(=O)Nc2cc(C3(C(=O)O)CCC3)cnc2N(CC(C)C)CC(C)C)on1. The fourth-order valence-electron chi connectivity index (χ4n) is 4.20. The minimum atomic E-state index is -0.923. The van der Waals surface area contributed by atoms with Gasteiger partial charge >= 0.3 is 5.97 Å². The molecule has 1 fully saturated rings. The van der Waals surface area contributed by atoms with E-state index in [9.17, 15) is 14.7 Å². The van der Waals surface area contributed by atoms with Crippen LogP contribution in [0.2, 0.25) is 0 Å². The third-order valence-electron chi connectivity index (χ3n) is 5.79. The number of nitrogens with zero attached hydrogens (tertiary/aromatic N) is 3. The van der Waals surface area contributed by atoms with Crippen LogP contribution in [0.15, 0.2) is 22.9 Å². The molecule has 32 heavy (non-hydrogen) atoms. The average Bonchev–Trinajstić information content (AvgIpc) is 3.04. The molecule has 8 nitrogen and oxygen atoms in total. The van der Waals surface area contributed by atoms with E-state index >= 15 is 0 Å². The molecule has 3 rings (SSSR count). The lowest BCUT2D eigenvalue weighted by Crippen LogP contribution is -2.42. The number of anilines is 2. The minimum absolute atomic E-state index is 0.0446. The second-order valence-corrected chi connectivity index (χ2v) is 9.69. The first kappa shape index (κ1) is 23.8. The Balaban J connectivity index is 1.97. The first-order valence-corrected chi connectivity index (χ1v) is 11.3. The van der Waals surface area contributed by atoms with E-state index in [-0.39, 0.29) is 12.3 Å². The van der Waals surface area contributed by atoms with Gasteiger partial charge in [-0.15, -0.1) is 0 Å². The van der Waals surface area contributed by atoms with Crippen molar-refractivity contribution in [3.05, 3.63) is 35.3 Å². The molecular weight excluding hydrogens is 408 g/mol. The number of hydrogen-bond donors (Lipinski definition) is 2. The zero-order chi connectivity index (χ0) is 23.5. The highest BCUT2D eigenvalue weighted by Gasteiger charge is 2.46. The van der Waals surface area contributed by atoms with Crippen LogP contribution < -0.4 is 10.2 Å². The van der Waals surface area contributed by atoms with Crippen LogP contribution in [0.5, 0.6) is 0 Å². The summed E-state index contributed by atoms with van der Waals surface area (Å²) in [5.74, 6) is 0.842. The monoisotopic (exact) mass is 442 g/mol. The standard InChI is InChI=1S/C24H34N4O4/c1-15(2)13-28(14-16(3)4)22-20(26-21(29)11-19-9-17(5)27-32-19)10-18(12-25-22)24(23(30)31)7-6-8-24/h9-10,12,15-16H,6-8,11,13-14H2,1-5H3,(H,26,29)(H,30,31). The molecule has 2 aromatic heterocycles. The third-order valence-corrected chi connectivity index (χ3v) is 5.79. The summed E-state index contributed by atoms with van der Waals surface area (Å²) in [5.41, 5.74) is 0.969. The summed E-state index contributed by atoms with van der Waals surface area (Å²) in [6.07, 6.45) is 3.74. The van der Waals surface area contributed by atoms with Crippen molar-refractivity contribution < 1.29 is 19.2 Å². The van der Waals surface area contributed by atoms with Crippen molar-refractivity contribution in [2.24, 2.45) is 11.8 Å². The van der Waals surface area contributed by atoms with Crippen molar-refractivity contribution in [1.29, 1.82) is 0 Å². The van der Waals surface area contributed by atoms with Gasteiger partial charge in [0.15, 0.2) is 5.82 Å². The van der Waals surface area contributed by atoms with Crippen LogP contribution in [-0.4, -0.2) is 40.2 Å². The van der Waals surface area contributed by atoms with Crippen LogP contribution in [0.4, 0.5) is 11.5 Å². The number of pyridine rings is 1. The number of amides is 1. The number of carbonyl (C=O) groups is 2.